The molecule has 2 aromatic heterocycles. The van der Waals surface area contributed by atoms with Crippen LogP contribution < -0.4 is 5.32 Å². The molecule has 38 heavy (non-hydrogen) atoms. The normalized spacial score (nSPS) is 19.3. The van der Waals surface area contributed by atoms with E-state index >= 15 is 8.78 Å². The standard InChI is InChI=1S/C28H33F2N5O3/c1-16(2)24-22(29)10-20(11-23(24)30)28(37,27(4)14-32-15-27)21-9-19(12-31-13-21)25-33-26(38-34-25)18-5-7-35(8-6-18)17(3)36/h9-13,16,18,32,37H,5-8,14-15H2,1-4H3/t28-/m0/s1. The number of pyridine rings is 1. The predicted molar refractivity (Wildman–Crippen MR) is 136 cm³/mol. The van der Waals surface area contributed by atoms with Crippen LogP contribution in [0.25, 0.3) is 11.4 Å². The number of nitrogens with one attached hydrogen (secondary N) is 1. The second-order valence-electron chi connectivity index (χ2n) is 11.1. The molecule has 0 bridgehead atoms. The lowest BCUT2D eigenvalue weighted by atomic mass is 9.62. The molecule has 2 saturated heterocycles. The molecule has 5 rings (SSSR count). The van der Waals surface area contributed by atoms with E-state index in [2.05, 4.69) is 20.4 Å². The molecule has 0 unspecified atom stereocenters. The van der Waals surface area contributed by atoms with Crippen molar-refractivity contribution in [1.29, 1.82) is 0 Å². The van der Waals surface area contributed by atoms with E-state index in [0.29, 0.717) is 49.0 Å². The number of benzene rings is 1. The summed E-state index contributed by atoms with van der Waals surface area (Å²) in [6, 6.07) is 4.17. The van der Waals surface area contributed by atoms with Gasteiger partial charge in [0.05, 0.1) is 0 Å². The fraction of sp³-hybridized carbons (Fsp3) is 0.500. The van der Waals surface area contributed by atoms with Crippen LogP contribution in [0.3, 0.4) is 0 Å². The zero-order chi connectivity index (χ0) is 27.2. The van der Waals surface area contributed by atoms with Gasteiger partial charge in [0.25, 0.3) is 0 Å². The highest BCUT2D eigenvalue weighted by Gasteiger charge is 2.53. The van der Waals surface area contributed by atoms with E-state index in [4.69, 9.17) is 4.52 Å². The highest BCUT2D eigenvalue weighted by molar-refractivity contribution is 5.73. The summed E-state index contributed by atoms with van der Waals surface area (Å²) in [5, 5.41) is 19.6. The van der Waals surface area contributed by atoms with E-state index in [-0.39, 0.29) is 28.9 Å². The number of carbonyl (C=O) groups excluding carboxylic acids is 1. The molecule has 10 heteroatoms. The first-order valence-electron chi connectivity index (χ1n) is 13.0. The van der Waals surface area contributed by atoms with Crippen LogP contribution in [0, 0.1) is 17.0 Å². The Morgan fingerprint density at radius 1 is 1.16 bits per heavy atom. The molecule has 0 aliphatic carbocycles. The van der Waals surface area contributed by atoms with Crippen molar-refractivity contribution in [2.75, 3.05) is 26.2 Å². The van der Waals surface area contributed by atoms with Crippen molar-refractivity contribution < 1.29 is 23.2 Å². The lowest BCUT2D eigenvalue weighted by Gasteiger charge is -2.52. The summed E-state index contributed by atoms with van der Waals surface area (Å²) in [7, 11) is 0. The number of hydrogen-bond acceptors (Lipinski definition) is 7. The molecular weight excluding hydrogens is 492 g/mol. The average molecular weight is 526 g/mol. The molecule has 2 aliphatic heterocycles. The van der Waals surface area contributed by atoms with E-state index in [1.54, 1.807) is 37.9 Å². The van der Waals surface area contributed by atoms with Crippen LogP contribution >= 0.6 is 0 Å². The molecule has 1 amide bonds. The van der Waals surface area contributed by atoms with Crippen molar-refractivity contribution >= 4 is 5.91 Å². The second kappa shape index (κ2) is 9.81. The summed E-state index contributed by atoms with van der Waals surface area (Å²) >= 11 is 0. The van der Waals surface area contributed by atoms with Crippen LogP contribution in [0.5, 0.6) is 0 Å². The number of amides is 1. The predicted octanol–water partition coefficient (Wildman–Crippen LogP) is 4.10. The number of nitrogens with zero attached hydrogens (tertiary/aromatic N) is 4. The lowest BCUT2D eigenvalue weighted by Crippen LogP contribution is -2.63. The number of hydrogen-bond donors (Lipinski definition) is 2. The first-order valence-corrected chi connectivity index (χ1v) is 13.0. The van der Waals surface area contributed by atoms with Gasteiger partial charge in [-0.3, -0.25) is 9.78 Å². The summed E-state index contributed by atoms with van der Waals surface area (Å²) in [5.74, 6) is -0.809. The highest BCUT2D eigenvalue weighted by Crippen LogP contribution is 2.48. The largest absolute Gasteiger partial charge is 0.380 e. The van der Waals surface area contributed by atoms with Crippen molar-refractivity contribution in [1.82, 2.24) is 25.3 Å². The molecule has 0 radical (unpaired) electrons. The summed E-state index contributed by atoms with van der Waals surface area (Å²) in [4.78, 5) is 22.4. The van der Waals surface area contributed by atoms with E-state index in [9.17, 15) is 9.90 Å². The van der Waals surface area contributed by atoms with Gasteiger partial charge in [-0.25, -0.2) is 8.78 Å². The number of halogens is 2. The van der Waals surface area contributed by atoms with Crippen molar-refractivity contribution in [3.05, 3.63) is 64.8 Å². The molecule has 2 N–H and O–H groups in total. The minimum Gasteiger partial charge on any atom is -0.380 e. The molecule has 2 aliphatic rings. The van der Waals surface area contributed by atoms with Gasteiger partial charge in [0.15, 0.2) is 0 Å². The summed E-state index contributed by atoms with van der Waals surface area (Å²) in [6.45, 7) is 9.07. The SMILES string of the molecule is CC(=O)N1CCC(c2nc(-c3cncc([C@@](O)(c4cc(F)c(C(C)C)c(F)c4)C4(C)CNC4)c3)no2)CC1. The van der Waals surface area contributed by atoms with E-state index < -0.39 is 22.7 Å². The number of piperidine rings is 1. The maximum Gasteiger partial charge on any atom is 0.230 e. The first kappa shape index (κ1) is 26.4. The van der Waals surface area contributed by atoms with E-state index in [1.807, 2.05) is 6.92 Å². The molecule has 1 atom stereocenters. The van der Waals surface area contributed by atoms with Gasteiger partial charge in [-0.2, -0.15) is 4.98 Å². The zero-order valence-corrected chi connectivity index (χ0v) is 22.1. The summed E-state index contributed by atoms with van der Waals surface area (Å²) in [6.07, 6.45) is 4.54. The Morgan fingerprint density at radius 2 is 1.82 bits per heavy atom. The lowest BCUT2D eigenvalue weighted by molar-refractivity contribution is -0.129. The monoisotopic (exact) mass is 525 g/mol. The molecule has 202 valence electrons. The Morgan fingerprint density at radius 3 is 2.37 bits per heavy atom. The van der Waals surface area contributed by atoms with Gasteiger partial charge in [0.2, 0.25) is 17.6 Å². The zero-order valence-electron chi connectivity index (χ0n) is 22.1. The Bertz CT molecular complexity index is 1320. The quantitative estimate of drug-likeness (QED) is 0.499. The minimum atomic E-state index is -1.73. The van der Waals surface area contributed by atoms with Crippen molar-refractivity contribution in [2.24, 2.45) is 5.41 Å². The molecule has 2 fully saturated rings. The maximum atomic E-state index is 15.1. The van der Waals surface area contributed by atoms with Crippen LogP contribution in [0.1, 0.15) is 75.0 Å². The second-order valence-corrected chi connectivity index (χ2v) is 11.1. The number of likely N-dealkylation sites (tertiary alicyclic amines) is 1. The third kappa shape index (κ3) is 4.39. The van der Waals surface area contributed by atoms with Crippen molar-refractivity contribution in [3.63, 3.8) is 0 Å². The first-order chi connectivity index (χ1) is 18.0. The topological polar surface area (TPSA) is 104 Å². The van der Waals surface area contributed by atoms with Crippen molar-refractivity contribution in [3.8, 4) is 11.4 Å². The smallest absolute Gasteiger partial charge is 0.230 e. The van der Waals surface area contributed by atoms with Gasteiger partial charge < -0.3 is 19.8 Å². The van der Waals surface area contributed by atoms with Gasteiger partial charge in [-0.05, 0) is 42.5 Å². The number of rotatable bonds is 6. The van der Waals surface area contributed by atoms with Crippen LogP contribution in [0.2, 0.25) is 0 Å². The van der Waals surface area contributed by atoms with Gasteiger partial charge in [0, 0.05) is 73.5 Å². The van der Waals surface area contributed by atoms with Gasteiger partial charge in [-0.15, -0.1) is 0 Å². The molecular formula is C28H33F2N5O3. The summed E-state index contributed by atoms with van der Waals surface area (Å²) in [5.41, 5.74) is -1.44. The van der Waals surface area contributed by atoms with Gasteiger partial charge >= 0.3 is 0 Å². The fourth-order valence-electron chi connectivity index (χ4n) is 5.68. The average Bonchev–Trinajstić information content (AvgIpc) is 3.36. The Kier molecular flexibility index (Phi) is 6.81. The minimum absolute atomic E-state index is 0.00618. The molecule has 3 aromatic rings. The third-order valence-corrected chi connectivity index (χ3v) is 8.12. The fourth-order valence-corrected chi connectivity index (χ4v) is 5.68. The Hall–Kier alpha value is -3.24. The number of aromatic nitrogens is 3. The Labute approximate surface area is 220 Å². The van der Waals surface area contributed by atoms with Crippen LogP contribution in [-0.2, 0) is 10.4 Å². The van der Waals surface area contributed by atoms with E-state index in [0.717, 1.165) is 12.8 Å². The molecule has 0 spiro atoms. The van der Waals surface area contributed by atoms with E-state index in [1.165, 1.54) is 18.3 Å². The van der Waals surface area contributed by atoms with Gasteiger partial charge in [0.1, 0.15) is 17.2 Å². The molecule has 4 heterocycles. The van der Waals surface area contributed by atoms with Crippen LogP contribution in [0.15, 0.2) is 35.1 Å². The van der Waals surface area contributed by atoms with Crippen LogP contribution in [0.4, 0.5) is 8.78 Å². The molecule has 8 nitrogen and oxygen atoms in total. The summed E-state index contributed by atoms with van der Waals surface area (Å²) < 4.78 is 35.7. The van der Waals surface area contributed by atoms with Gasteiger partial charge in [-0.1, -0.05) is 25.9 Å². The highest BCUT2D eigenvalue weighted by atomic mass is 19.1. The molecule has 1 aromatic carbocycles. The number of carbonyl (C=O) groups is 1. The maximum absolute atomic E-state index is 15.1. The number of aliphatic hydroxyl groups is 1. The van der Waals surface area contributed by atoms with Crippen molar-refractivity contribution in [2.45, 2.75) is 58.0 Å². The van der Waals surface area contributed by atoms with Crippen LogP contribution in [-0.4, -0.2) is 57.2 Å². The Balaban J connectivity index is 1.50. The molecule has 0 saturated carbocycles. The third-order valence-electron chi connectivity index (χ3n) is 8.12.